The summed E-state index contributed by atoms with van der Waals surface area (Å²) in [4.78, 5) is 10.0. The summed E-state index contributed by atoms with van der Waals surface area (Å²) in [5.74, 6) is -5.76. The zero-order chi connectivity index (χ0) is 20.8. The Morgan fingerprint density at radius 3 is 2.15 bits per heavy atom. The van der Waals surface area contributed by atoms with Crippen LogP contribution in [0.3, 0.4) is 0 Å². The first kappa shape index (κ1) is 20.6. The number of hydrogen-bond acceptors (Lipinski definition) is 3. The maximum Gasteiger partial charge on any atom is 0.458 e. The van der Waals surface area contributed by atoms with Gasteiger partial charge in [-0.3, -0.25) is 14.8 Å². The lowest BCUT2D eigenvalue weighted by Gasteiger charge is -2.19. The van der Waals surface area contributed by atoms with Crippen LogP contribution in [-0.4, -0.2) is 20.9 Å². The lowest BCUT2D eigenvalue weighted by atomic mass is 10.1. The number of nitro benzene ring substituents is 1. The van der Waals surface area contributed by atoms with Crippen molar-refractivity contribution in [2.45, 2.75) is 31.7 Å². The number of nitro groups is 1. The highest BCUT2D eigenvalue weighted by Gasteiger charge is 2.62. The lowest BCUT2D eigenvalue weighted by Crippen LogP contribution is -2.35. The van der Waals surface area contributed by atoms with E-state index in [9.17, 15) is 45.2 Å². The van der Waals surface area contributed by atoms with E-state index in [0.29, 0.717) is 0 Å². The molecule has 2 aromatic rings. The van der Waals surface area contributed by atoms with Crippen molar-refractivity contribution in [2.24, 2.45) is 0 Å². The third-order valence-corrected chi connectivity index (χ3v) is 3.53. The highest BCUT2D eigenvalue weighted by atomic mass is 19.4. The maximum atomic E-state index is 13.5. The van der Waals surface area contributed by atoms with Gasteiger partial charge in [0.1, 0.15) is 0 Å². The molecule has 0 aliphatic rings. The van der Waals surface area contributed by atoms with Crippen LogP contribution < -0.4 is 0 Å². The third-order valence-electron chi connectivity index (χ3n) is 3.53. The Balaban J connectivity index is 2.48. The fourth-order valence-electron chi connectivity index (χ4n) is 2.30. The first-order valence-electron chi connectivity index (χ1n) is 6.98. The van der Waals surface area contributed by atoms with Gasteiger partial charge >= 0.3 is 18.3 Å². The average molecular weight is 403 g/mol. The molecule has 0 saturated heterocycles. The number of aryl methyl sites for hydroxylation is 1. The van der Waals surface area contributed by atoms with E-state index in [0.717, 1.165) is 12.1 Å². The van der Waals surface area contributed by atoms with Gasteiger partial charge in [0.05, 0.1) is 17.0 Å². The van der Waals surface area contributed by atoms with Gasteiger partial charge in [0.2, 0.25) is 0 Å². The zero-order valence-corrected chi connectivity index (χ0v) is 13.2. The second-order valence-corrected chi connectivity index (χ2v) is 5.54. The second-order valence-electron chi connectivity index (χ2n) is 5.54. The summed E-state index contributed by atoms with van der Waals surface area (Å²) in [6, 6.07) is 3.35. The minimum Gasteiger partial charge on any atom is -0.267 e. The standard InChI is InChI=1S/C14H9F8N3O2/c1-7-4-8(2-3-10(7)25(26)27)5-24-6-9(11(23-24)13(17,18)19)12(15,16)14(20,21)22/h2-4,6H,5H2,1H3. The summed E-state index contributed by atoms with van der Waals surface area (Å²) < 4.78 is 103. The number of rotatable bonds is 4. The number of benzene rings is 1. The Morgan fingerprint density at radius 2 is 1.70 bits per heavy atom. The van der Waals surface area contributed by atoms with Crippen LogP contribution in [-0.2, 0) is 18.6 Å². The molecule has 0 amide bonds. The third kappa shape index (κ3) is 4.01. The summed E-state index contributed by atoms with van der Waals surface area (Å²) >= 11 is 0. The molecule has 0 spiro atoms. The van der Waals surface area contributed by atoms with Crippen molar-refractivity contribution < 1.29 is 40.0 Å². The molecule has 0 atom stereocenters. The largest absolute Gasteiger partial charge is 0.458 e. The van der Waals surface area contributed by atoms with Crippen molar-refractivity contribution in [1.29, 1.82) is 0 Å². The van der Waals surface area contributed by atoms with Crippen LogP contribution in [0.2, 0.25) is 0 Å². The fraction of sp³-hybridized carbons (Fsp3) is 0.357. The van der Waals surface area contributed by atoms with Gasteiger partial charge < -0.3 is 0 Å². The Hall–Kier alpha value is -2.73. The number of hydrogen-bond donors (Lipinski definition) is 0. The molecule has 148 valence electrons. The number of halogens is 8. The van der Waals surface area contributed by atoms with Crippen molar-refractivity contribution in [3.05, 3.63) is 56.9 Å². The molecule has 5 nitrogen and oxygen atoms in total. The Morgan fingerprint density at radius 1 is 1.11 bits per heavy atom. The van der Waals surface area contributed by atoms with Crippen LogP contribution in [0.1, 0.15) is 22.4 Å². The van der Waals surface area contributed by atoms with E-state index in [-0.39, 0.29) is 27.7 Å². The van der Waals surface area contributed by atoms with Gasteiger partial charge in [0, 0.05) is 17.8 Å². The van der Waals surface area contributed by atoms with Gasteiger partial charge in [-0.2, -0.15) is 40.2 Å². The molecule has 1 aromatic carbocycles. The van der Waals surface area contributed by atoms with Crippen LogP contribution in [0.15, 0.2) is 24.4 Å². The van der Waals surface area contributed by atoms with Crippen LogP contribution in [0.5, 0.6) is 0 Å². The monoisotopic (exact) mass is 403 g/mol. The van der Waals surface area contributed by atoms with E-state index in [1.807, 2.05) is 0 Å². The van der Waals surface area contributed by atoms with Gasteiger partial charge in [0.15, 0.2) is 5.69 Å². The minimum atomic E-state index is -6.25. The first-order valence-corrected chi connectivity index (χ1v) is 6.98. The molecule has 13 heteroatoms. The quantitative estimate of drug-likeness (QED) is 0.418. The topological polar surface area (TPSA) is 61.0 Å². The minimum absolute atomic E-state index is 0.0347. The predicted octanol–water partition coefficient (Wildman–Crippen LogP) is 4.82. The first-order chi connectivity index (χ1) is 12.1. The molecule has 27 heavy (non-hydrogen) atoms. The van der Waals surface area contributed by atoms with Crippen LogP contribution in [0.4, 0.5) is 40.8 Å². The molecular formula is C14H9F8N3O2. The SMILES string of the molecule is Cc1cc(Cn2cc(C(F)(F)C(F)(F)F)c(C(F)(F)F)n2)ccc1[N+](=O)[O-]. The van der Waals surface area contributed by atoms with Crippen molar-refractivity contribution in [3.63, 3.8) is 0 Å². The molecule has 0 radical (unpaired) electrons. The average Bonchev–Trinajstić information content (AvgIpc) is 2.90. The van der Waals surface area contributed by atoms with Crippen LogP contribution in [0.25, 0.3) is 0 Å². The molecule has 0 aliphatic heterocycles. The van der Waals surface area contributed by atoms with Crippen LogP contribution in [0, 0.1) is 17.0 Å². The van der Waals surface area contributed by atoms with E-state index in [4.69, 9.17) is 0 Å². The van der Waals surface area contributed by atoms with E-state index in [2.05, 4.69) is 5.10 Å². The van der Waals surface area contributed by atoms with E-state index < -0.39 is 41.0 Å². The zero-order valence-electron chi connectivity index (χ0n) is 13.2. The molecular weight excluding hydrogens is 394 g/mol. The molecule has 0 fully saturated rings. The van der Waals surface area contributed by atoms with Crippen molar-refractivity contribution >= 4 is 5.69 Å². The Labute approximate surface area is 145 Å². The predicted molar refractivity (Wildman–Crippen MR) is 74.1 cm³/mol. The lowest BCUT2D eigenvalue weighted by molar-refractivity contribution is -0.385. The molecule has 0 unspecified atom stereocenters. The Bertz CT molecular complexity index is 870. The Kier molecular flexibility index (Phi) is 4.92. The molecule has 1 heterocycles. The molecule has 0 aliphatic carbocycles. The van der Waals surface area contributed by atoms with Crippen LogP contribution >= 0.6 is 0 Å². The smallest absolute Gasteiger partial charge is 0.267 e. The number of alkyl halides is 8. The molecule has 1 aromatic heterocycles. The summed E-state index contributed by atoms with van der Waals surface area (Å²) in [6.07, 6.45) is -11.8. The second kappa shape index (κ2) is 6.46. The summed E-state index contributed by atoms with van der Waals surface area (Å²) in [5, 5.41) is 13.5. The van der Waals surface area contributed by atoms with E-state index in [1.165, 1.54) is 13.0 Å². The number of nitrogens with zero attached hydrogens (tertiary/aromatic N) is 3. The fourth-order valence-corrected chi connectivity index (χ4v) is 2.30. The molecule has 2 rings (SSSR count). The van der Waals surface area contributed by atoms with Crippen molar-refractivity contribution in [3.8, 4) is 0 Å². The molecule has 0 saturated carbocycles. The maximum absolute atomic E-state index is 13.5. The van der Waals surface area contributed by atoms with Crippen molar-refractivity contribution in [1.82, 2.24) is 9.78 Å². The molecule has 0 N–H and O–H groups in total. The van der Waals surface area contributed by atoms with Gasteiger partial charge in [-0.1, -0.05) is 6.07 Å². The normalized spacial score (nSPS) is 13.1. The number of aromatic nitrogens is 2. The van der Waals surface area contributed by atoms with Gasteiger partial charge in [-0.25, -0.2) is 0 Å². The summed E-state index contributed by atoms with van der Waals surface area (Å²) in [6.45, 7) is 0.727. The highest BCUT2D eigenvalue weighted by Crippen LogP contribution is 2.47. The summed E-state index contributed by atoms with van der Waals surface area (Å²) in [7, 11) is 0. The highest BCUT2D eigenvalue weighted by molar-refractivity contribution is 5.42. The van der Waals surface area contributed by atoms with Crippen molar-refractivity contribution in [2.75, 3.05) is 0 Å². The van der Waals surface area contributed by atoms with Gasteiger partial charge in [-0.15, -0.1) is 0 Å². The summed E-state index contributed by atoms with van der Waals surface area (Å²) in [5.41, 5.74) is -4.72. The van der Waals surface area contributed by atoms with E-state index >= 15 is 0 Å². The molecule has 0 bridgehead atoms. The van der Waals surface area contributed by atoms with E-state index in [1.54, 1.807) is 0 Å². The van der Waals surface area contributed by atoms with Gasteiger partial charge in [0.25, 0.3) is 5.69 Å². The van der Waals surface area contributed by atoms with Gasteiger partial charge in [-0.05, 0) is 18.6 Å².